The molecule has 2 aliphatic rings. The van der Waals surface area contributed by atoms with Crippen LogP contribution in [-0.2, 0) is 4.79 Å². The van der Waals surface area contributed by atoms with Gasteiger partial charge in [-0.15, -0.1) is 0 Å². The molecular weight excluding hydrogens is 314 g/mol. The SMILES string of the molecule is COc1ccc(C(=O)C2CCN(C(=O)CC3=CCCCC3)CC2)cc1. The second kappa shape index (κ2) is 8.32. The van der Waals surface area contributed by atoms with Gasteiger partial charge in [0.25, 0.3) is 0 Å². The molecule has 0 spiro atoms. The number of amides is 1. The average Bonchev–Trinajstić information content (AvgIpc) is 2.68. The number of ether oxygens (including phenoxy) is 1. The van der Waals surface area contributed by atoms with Crippen LogP contribution in [0.2, 0.25) is 0 Å². The first-order valence-electron chi connectivity index (χ1n) is 9.31. The van der Waals surface area contributed by atoms with E-state index in [2.05, 4.69) is 6.08 Å². The van der Waals surface area contributed by atoms with Crippen LogP contribution in [-0.4, -0.2) is 36.8 Å². The van der Waals surface area contributed by atoms with Gasteiger partial charge in [0.2, 0.25) is 5.91 Å². The van der Waals surface area contributed by atoms with Gasteiger partial charge in [0, 0.05) is 31.0 Å². The van der Waals surface area contributed by atoms with E-state index in [9.17, 15) is 9.59 Å². The second-order valence-electron chi connectivity index (χ2n) is 7.03. The minimum atomic E-state index is 0.0198. The summed E-state index contributed by atoms with van der Waals surface area (Å²) < 4.78 is 5.14. The maximum Gasteiger partial charge on any atom is 0.226 e. The van der Waals surface area contributed by atoms with E-state index >= 15 is 0 Å². The van der Waals surface area contributed by atoms with Crippen molar-refractivity contribution in [1.82, 2.24) is 4.90 Å². The lowest BCUT2D eigenvalue weighted by atomic mass is 9.88. The first-order valence-corrected chi connectivity index (χ1v) is 9.31. The van der Waals surface area contributed by atoms with Gasteiger partial charge in [0.05, 0.1) is 7.11 Å². The average molecular weight is 341 g/mol. The zero-order valence-electron chi connectivity index (χ0n) is 15.0. The Bertz CT molecular complexity index is 640. The van der Waals surface area contributed by atoms with Crippen LogP contribution in [0.3, 0.4) is 0 Å². The number of Topliss-reactive ketones (excluding diaryl/α,β-unsaturated/α-hetero) is 1. The molecule has 1 amide bonds. The molecule has 0 N–H and O–H groups in total. The Morgan fingerprint density at radius 1 is 1.12 bits per heavy atom. The first-order chi connectivity index (χ1) is 12.2. The predicted octanol–water partition coefficient (Wildman–Crippen LogP) is 4.01. The predicted molar refractivity (Wildman–Crippen MR) is 97.8 cm³/mol. The maximum absolute atomic E-state index is 12.6. The minimum Gasteiger partial charge on any atom is -0.497 e. The zero-order valence-corrected chi connectivity index (χ0v) is 15.0. The molecule has 0 bridgehead atoms. The van der Waals surface area contributed by atoms with E-state index in [0.29, 0.717) is 19.5 Å². The third-order valence-electron chi connectivity index (χ3n) is 5.36. The zero-order chi connectivity index (χ0) is 17.6. The Hall–Kier alpha value is -2.10. The topological polar surface area (TPSA) is 46.6 Å². The molecule has 0 atom stereocenters. The number of hydrogen-bond acceptors (Lipinski definition) is 3. The number of rotatable bonds is 5. The van der Waals surface area contributed by atoms with Crippen LogP contribution in [0.4, 0.5) is 0 Å². The summed E-state index contributed by atoms with van der Waals surface area (Å²) in [5, 5.41) is 0. The fraction of sp³-hybridized carbons (Fsp3) is 0.524. The molecule has 1 aliphatic heterocycles. The number of benzene rings is 1. The molecular formula is C21H27NO3. The highest BCUT2D eigenvalue weighted by molar-refractivity contribution is 5.98. The maximum atomic E-state index is 12.6. The third kappa shape index (κ3) is 4.50. The molecule has 0 radical (unpaired) electrons. The lowest BCUT2D eigenvalue weighted by Crippen LogP contribution is -2.40. The van der Waals surface area contributed by atoms with Gasteiger partial charge in [-0.3, -0.25) is 9.59 Å². The highest BCUT2D eigenvalue weighted by Crippen LogP contribution is 2.25. The number of nitrogens with zero attached hydrogens (tertiary/aromatic N) is 1. The van der Waals surface area contributed by atoms with Crippen molar-refractivity contribution in [3.05, 3.63) is 41.5 Å². The number of ketones is 1. The van der Waals surface area contributed by atoms with Crippen molar-refractivity contribution in [2.45, 2.75) is 44.9 Å². The molecule has 1 fully saturated rings. The second-order valence-corrected chi connectivity index (χ2v) is 7.03. The van der Waals surface area contributed by atoms with Gasteiger partial charge in [-0.05, 0) is 62.8 Å². The van der Waals surface area contributed by atoms with E-state index in [0.717, 1.165) is 37.0 Å². The van der Waals surface area contributed by atoms with Crippen molar-refractivity contribution < 1.29 is 14.3 Å². The molecule has 0 unspecified atom stereocenters. The molecule has 1 saturated heterocycles. The van der Waals surface area contributed by atoms with Crippen LogP contribution in [0.15, 0.2) is 35.9 Å². The van der Waals surface area contributed by atoms with Crippen LogP contribution in [0.25, 0.3) is 0 Å². The molecule has 134 valence electrons. The summed E-state index contributed by atoms with van der Waals surface area (Å²) in [5.41, 5.74) is 2.03. The summed E-state index contributed by atoms with van der Waals surface area (Å²) in [6, 6.07) is 7.30. The van der Waals surface area contributed by atoms with Crippen LogP contribution in [0, 0.1) is 5.92 Å². The van der Waals surface area contributed by atoms with E-state index in [4.69, 9.17) is 4.74 Å². The van der Waals surface area contributed by atoms with Gasteiger partial charge < -0.3 is 9.64 Å². The number of methoxy groups -OCH3 is 1. The van der Waals surface area contributed by atoms with E-state index in [-0.39, 0.29) is 17.6 Å². The van der Waals surface area contributed by atoms with Gasteiger partial charge in [-0.25, -0.2) is 0 Å². The van der Waals surface area contributed by atoms with Gasteiger partial charge in [0.15, 0.2) is 5.78 Å². The van der Waals surface area contributed by atoms with Crippen molar-refractivity contribution >= 4 is 11.7 Å². The Morgan fingerprint density at radius 2 is 1.84 bits per heavy atom. The van der Waals surface area contributed by atoms with Crippen LogP contribution in [0.1, 0.15) is 55.3 Å². The largest absolute Gasteiger partial charge is 0.497 e. The molecule has 1 heterocycles. The van der Waals surface area contributed by atoms with Crippen LogP contribution >= 0.6 is 0 Å². The van der Waals surface area contributed by atoms with E-state index in [1.165, 1.54) is 18.4 Å². The molecule has 3 rings (SSSR count). The standard InChI is InChI=1S/C21H27NO3/c1-25-19-9-7-17(8-10-19)21(24)18-11-13-22(14-12-18)20(23)15-16-5-3-2-4-6-16/h5,7-10,18H,2-4,6,11-15H2,1H3. The van der Waals surface area contributed by atoms with Crippen LogP contribution < -0.4 is 4.74 Å². The van der Waals surface area contributed by atoms with Crippen molar-refractivity contribution in [3.63, 3.8) is 0 Å². The van der Waals surface area contributed by atoms with Gasteiger partial charge in [0.1, 0.15) is 5.75 Å². The number of allylic oxidation sites excluding steroid dienone is 1. The first kappa shape index (κ1) is 17.7. The summed E-state index contributed by atoms with van der Waals surface area (Å²) >= 11 is 0. The van der Waals surface area contributed by atoms with Gasteiger partial charge >= 0.3 is 0 Å². The molecule has 0 aromatic heterocycles. The van der Waals surface area contributed by atoms with Gasteiger partial charge in [-0.2, -0.15) is 0 Å². The number of carbonyl (C=O) groups excluding carboxylic acids is 2. The summed E-state index contributed by atoms with van der Waals surface area (Å²) in [4.78, 5) is 27.0. The van der Waals surface area contributed by atoms with Crippen molar-refractivity contribution in [3.8, 4) is 5.75 Å². The number of likely N-dealkylation sites (tertiary alicyclic amines) is 1. The molecule has 1 aromatic carbocycles. The van der Waals surface area contributed by atoms with E-state index < -0.39 is 0 Å². The van der Waals surface area contributed by atoms with Crippen molar-refractivity contribution in [2.75, 3.05) is 20.2 Å². The van der Waals surface area contributed by atoms with Crippen LogP contribution in [0.5, 0.6) is 5.75 Å². The molecule has 1 aliphatic carbocycles. The lowest BCUT2D eigenvalue weighted by Gasteiger charge is -2.32. The number of hydrogen-bond donors (Lipinski definition) is 0. The Kier molecular flexibility index (Phi) is 5.90. The van der Waals surface area contributed by atoms with E-state index in [1.807, 2.05) is 29.2 Å². The number of piperidine rings is 1. The summed E-state index contributed by atoms with van der Waals surface area (Å²) in [6.45, 7) is 1.39. The highest BCUT2D eigenvalue weighted by atomic mass is 16.5. The molecule has 0 saturated carbocycles. The number of carbonyl (C=O) groups is 2. The Labute approximate surface area is 149 Å². The fourth-order valence-electron chi connectivity index (χ4n) is 3.75. The highest BCUT2D eigenvalue weighted by Gasteiger charge is 2.28. The molecule has 1 aromatic rings. The summed E-state index contributed by atoms with van der Waals surface area (Å²) in [5.74, 6) is 1.19. The summed E-state index contributed by atoms with van der Waals surface area (Å²) in [6.07, 6.45) is 8.96. The fourth-order valence-corrected chi connectivity index (χ4v) is 3.75. The lowest BCUT2D eigenvalue weighted by molar-refractivity contribution is -0.131. The Balaban J connectivity index is 1.51. The van der Waals surface area contributed by atoms with Crippen molar-refractivity contribution in [1.29, 1.82) is 0 Å². The van der Waals surface area contributed by atoms with Gasteiger partial charge in [-0.1, -0.05) is 11.6 Å². The quantitative estimate of drug-likeness (QED) is 0.600. The molecule has 25 heavy (non-hydrogen) atoms. The minimum absolute atomic E-state index is 0.0198. The smallest absolute Gasteiger partial charge is 0.226 e. The van der Waals surface area contributed by atoms with E-state index in [1.54, 1.807) is 7.11 Å². The monoisotopic (exact) mass is 341 g/mol. The molecule has 4 nitrogen and oxygen atoms in total. The van der Waals surface area contributed by atoms with Crippen molar-refractivity contribution in [2.24, 2.45) is 5.92 Å². The third-order valence-corrected chi connectivity index (χ3v) is 5.36. The summed E-state index contributed by atoms with van der Waals surface area (Å²) in [7, 11) is 1.62. The molecule has 4 heteroatoms. The normalized spacial score (nSPS) is 18.6. The Morgan fingerprint density at radius 3 is 2.44 bits per heavy atom.